The summed E-state index contributed by atoms with van der Waals surface area (Å²) in [5.41, 5.74) is 3.81. The van der Waals surface area contributed by atoms with Crippen LogP contribution in [0.3, 0.4) is 0 Å². The van der Waals surface area contributed by atoms with Gasteiger partial charge in [0.1, 0.15) is 0 Å². The first-order valence-electron chi connectivity index (χ1n) is 7.71. The first kappa shape index (κ1) is 17.2. The molecule has 0 atom stereocenters. The molecule has 0 fully saturated rings. The van der Waals surface area contributed by atoms with Crippen LogP contribution in [0.2, 0.25) is 0 Å². The van der Waals surface area contributed by atoms with Gasteiger partial charge in [-0.05, 0) is 12.5 Å². The molecular formula is C16H13IN6O2S. The van der Waals surface area contributed by atoms with Crippen LogP contribution in [0.5, 0.6) is 0 Å². The lowest BCUT2D eigenvalue weighted by Gasteiger charge is -2.14. The Morgan fingerprint density at radius 1 is 1.31 bits per heavy atom. The van der Waals surface area contributed by atoms with Crippen LogP contribution in [0.1, 0.15) is 11.1 Å². The highest BCUT2D eigenvalue weighted by molar-refractivity contribution is 14.1. The minimum absolute atomic E-state index is 0.0280. The van der Waals surface area contributed by atoms with Crippen molar-refractivity contribution >= 4 is 45.8 Å². The first-order valence-corrected chi connectivity index (χ1v) is 10.2. The normalized spacial score (nSPS) is 13.4. The Bertz CT molecular complexity index is 1020. The Morgan fingerprint density at radius 2 is 2.08 bits per heavy atom. The topological polar surface area (TPSA) is 91.1 Å². The second-order valence-corrected chi connectivity index (χ2v) is 7.37. The number of fused-ring (bicyclic) bond motifs is 1. The summed E-state index contributed by atoms with van der Waals surface area (Å²) >= 11 is 3.71. The fourth-order valence-electron chi connectivity index (χ4n) is 2.66. The zero-order chi connectivity index (χ0) is 18.3. The predicted molar refractivity (Wildman–Crippen MR) is 108 cm³/mol. The molecule has 0 N–H and O–H groups in total. The molecule has 10 heteroatoms. The number of hydrogen-bond donors (Lipinski definition) is 0. The third-order valence-corrected chi connectivity index (χ3v) is 5.67. The second kappa shape index (κ2) is 6.83. The minimum atomic E-state index is -0.407. The number of rotatable bonds is 4. The number of halogens is 1. The molecule has 0 amide bonds. The average molecular weight is 480 g/mol. The molecule has 1 aliphatic heterocycles. The van der Waals surface area contributed by atoms with Gasteiger partial charge in [-0.15, -0.1) is 10.2 Å². The van der Waals surface area contributed by atoms with Crippen LogP contribution >= 0.6 is 34.4 Å². The van der Waals surface area contributed by atoms with E-state index in [0.29, 0.717) is 27.0 Å². The Hall–Kier alpha value is -2.21. The summed E-state index contributed by atoms with van der Waals surface area (Å²) in [6.45, 7) is 2.04. The molecule has 1 aliphatic rings. The first-order chi connectivity index (χ1) is 12.6. The van der Waals surface area contributed by atoms with Gasteiger partial charge in [0.25, 0.3) is 5.69 Å². The third kappa shape index (κ3) is 3.03. The molecule has 0 unspecified atom stereocenters. The number of nitro groups is 1. The maximum Gasteiger partial charge on any atom is 0.287 e. The van der Waals surface area contributed by atoms with Gasteiger partial charge in [0, 0.05) is 11.8 Å². The van der Waals surface area contributed by atoms with Crippen molar-refractivity contribution in [2.45, 2.75) is 16.6 Å². The monoisotopic (exact) mass is 480 g/mol. The number of aromatic nitrogens is 4. The highest BCUT2D eigenvalue weighted by atomic mass is 127. The largest absolute Gasteiger partial charge is 0.329 e. The lowest BCUT2D eigenvalue weighted by molar-refractivity contribution is -0.384. The molecule has 3 aromatic rings. The standard InChI is InChI=1S/C16H13IN6O2S/c1-10-2-4-11(5-3-10)13-8-26-16-19-18-15(22(16)20-13)14-6-12(23(24)25)7-21(14)9-17/h2-7H,8-9H2,1H3. The number of hydrogen-bond acceptors (Lipinski definition) is 6. The summed E-state index contributed by atoms with van der Waals surface area (Å²) in [6, 6.07) is 9.70. The highest BCUT2D eigenvalue weighted by Gasteiger charge is 2.24. The van der Waals surface area contributed by atoms with E-state index in [1.807, 2.05) is 19.1 Å². The Morgan fingerprint density at radius 3 is 2.77 bits per heavy atom. The number of thioether (sulfide) groups is 1. The maximum absolute atomic E-state index is 11.1. The number of benzene rings is 1. The van der Waals surface area contributed by atoms with E-state index in [4.69, 9.17) is 5.10 Å². The molecule has 0 saturated heterocycles. The molecule has 2 aromatic heterocycles. The lowest BCUT2D eigenvalue weighted by atomic mass is 10.1. The lowest BCUT2D eigenvalue weighted by Crippen LogP contribution is -2.14. The van der Waals surface area contributed by atoms with Gasteiger partial charge in [-0.2, -0.15) is 9.78 Å². The van der Waals surface area contributed by atoms with Gasteiger partial charge < -0.3 is 4.57 Å². The quantitative estimate of drug-likeness (QED) is 0.246. The Balaban J connectivity index is 1.80. The summed E-state index contributed by atoms with van der Waals surface area (Å²) in [6.07, 6.45) is 1.50. The van der Waals surface area contributed by atoms with Crippen molar-refractivity contribution < 1.29 is 4.92 Å². The van der Waals surface area contributed by atoms with Crippen molar-refractivity contribution in [2.24, 2.45) is 5.10 Å². The van der Waals surface area contributed by atoms with Crippen molar-refractivity contribution in [1.82, 2.24) is 19.4 Å². The van der Waals surface area contributed by atoms with Crippen molar-refractivity contribution in [3.05, 3.63) is 57.8 Å². The van der Waals surface area contributed by atoms with E-state index in [-0.39, 0.29) is 5.69 Å². The molecule has 0 spiro atoms. The fourth-order valence-corrected chi connectivity index (χ4v) is 4.06. The summed E-state index contributed by atoms with van der Waals surface area (Å²) in [7, 11) is 0. The number of aryl methyl sites for hydroxylation is 1. The zero-order valence-electron chi connectivity index (χ0n) is 13.7. The molecule has 8 nitrogen and oxygen atoms in total. The van der Waals surface area contributed by atoms with E-state index in [9.17, 15) is 10.1 Å². The molecule has 4 rings (SSSR count). The van der Waals surface area contributed by atoms with E-state index in [1.54, 1.807) is 21.0 Å². The van der Waals surface area contributed by atoms with Gasteiger partial charge in [0.05, 0.1) is 27.1 Å². The van der Waals surface area contributed by atoms with Crippen LogP contribution in [0.15, 0.2) is 46.8 Å². The van der Waals surface area contributed by atoms with Crippen LogP contribution < -0.4 is 0 Å². The highest BCUT2D eigenvalue weighted by Crippen LogP contribution is 2.31. The van der Waals surface area contributed by atoms with Crippen LogP contribution in [-0.4, -0.2) is 35.8 Å². The van der Waals surface area contributed by atoms with Crippen molar-refractivity contribution in [2.75, 3.05) is 5.75 Å². The van der Waals surface area contributed by atoms with E-state index >= 15 is 0 Å². The van der Waals surface area contributed by atoms with Crippen LogP contribution in [0.25, 0.3) is 11.5 Å². The van der Waals surface area contributed by atoms with E-state index in [1.165, 1.54) is 17.8 Å². The molecule has 0 saturated carbocycles. The molecule has 0 radical (unpaired) electrons. The van der Waals surface area contributed by atoms with Gasteiger partial charge >= 0.3 is 0 Å². The van der Waals surface area contributed by atoms with Gasteiger partial charge in [0.2, 0.25) is 11.0 Å². The fraction of sp³-hybridized carbons (Fsp3) is 0.188. The molecular weight excluding hydrogens is 467 g/mol. The van der Waals surface area contributed by atoms with Crippen LogP contribution in [0.4, 0.5) is 5.69 Å². The van der Waals surface area contributed by atoms with Crippen LogP contribution in [-0.2, 0) is 4.55 Å². The Kier molecular flexibility index (Phi) is 4.53. The van der Waals surface area contributed by atoms with Crippen molar-refractivity contribution in [1.29, 1.82) is 0 Å². The third-order valence-electron chi connectivity index (χ3n) is 4.01. The van der Waals surface area contributed by atoms with Crippen LogP contribution in [0, 0.1) is 17.0 Å². The zero-order valence-corrected chi connectivity index (χ0v) is 16.6. The van der Waals surface area contributed by atoms with E-state index in [0.717, 1.165) is 11.3 Å². The molecule has 0 aliphatic carbocycles. The number of alkyl halides is 1. The summed E-state index contributed by atoms with van der Waals surface area (Å²) in [4.78, 5) is 10.7. The van der Waals surface area contributed by atoms with Gasteiger partial charge in [-0.25, -0.2) is 0 Å². The Labute approximate surface area is 166 Å². The van der Waals surface area contributed by atoms with Crippen molar-refractivity contribution in [3.8, 4) is 11.5 Å². The molecule has 0 bridgehead atoms. The van der Waals surface area contributed by atoms with E-state index in [2.05, 4.69) is 44.9 Å². The molecule has 26 heavy (non-hydrogen) atoms. The summed E-state index contributed by atoms with van der Waals surface area (Å²) in [5.74, 6) is 1.20. The van der Waals surface area contributed by atoms with Gasteiger partial charge in [0.15, 0.2) is 0 Å². The predicted octanol–water partition coefficient (Wildman–Crippen LogP) is 3.71. The molecule has 1 aromatic carbocycles. The van der Waals surface area contributed by atoms with Crippen molar-refractivity contribution in [3.63, 3.8) is 0 Å². The number of nitrogens with zero attached hydrogens (tertiary/aromatic N) is 6. The minimum Gasteiger partial charge on any atom is -0.329 e. The summed E-state index contributed by atoms with van der Waals surface area (Å²) in [5, 5.41) is 24.9. The SMILES string of the molecule is Cc1ccc(C2=Nn3c(nnc3-c3cc([N+](=O)[O-])cn3CI)SC2)cc1. The van der Waals surface area contributed by atoms with E-state index < -0.39 is 4.92 Å². The molecule has 132 valence electrons. The molecule has 3 heterocycles. The summed E-state index contributed by atoms with van der Waals surface area (Å²) < 4.78 is 4.01. The van der Waals surface area contributed by atoms with Gasteiger partial charge in [-0.1, -0.05) is 64.2 Å². The second-order valence-electron chi connectivity index (χ2n) is 5.75. The maximum atomic E-state index is 11.1. The van der Waals surface area contributed by atoms with Gasteiger partial charge in [-0.3, -0.25) is 10.1 Å². The average Bonchev–Trinajstić information content (AvgIpc) is 3.25. The smallest absolute Gasteiger partial charge is 0.287 e.